The molecule has 134 valence electrons. The molecule has 0 aliphatic heterocycles. The molecule has 1 heterocycles. The molecule has 0 fully saturated rings. The van der Waals surface area contributed by atoms with Gasteiger partial charge in [0.2, 0.25) is 0 Å². The van der Waals surface area contributed by atoms with Crippen LogP contribution >= 0.6 is 0 Å². The van der Waals surface area contributed by atoms with Gasteiger partial charge in [0.1, 0.15) is 17.7 Å². The van der Waals surface area contributed by atoms with Gasteiger partial charge in [-0.05, 0) is 23.8 Å². The first-order chi connectivity index (χ1) is 12.5. The molecule has 3 rings (SSSR count). The van der Waals surface area contributed by atoms with Crippen molar-refractivity contribution in [2.45, 2.75) is 12.5 Å². The molecule has 1 unspecified atom stereocenters. The Balaban J connectivity index is 1.84. The standard InChI is InChI=1S/C19H16F2N2O3/c1-26-19(25)17(8-12-10-22-16-5-3-2-4-15(12)16)23-18(24)11-6-13(20)9-14(21)7-11/h2-7,9-10,17,22H,8H2,1H3,(H,23,24). The lowest BCUT2D eigenvalue weighted by Crippen LogP contribution is -2.43. The van der Waals surface area contributed by atoms with Crippen molar-refractivity contribution in [3.05, 3.63) is 71.4 Å². The zero-order valence-electron chi connectivity index (χ0n) is 13.9. The van der Waals surface area contributed by atoms with Crippen LogP contribution in [0, 0.1) is 11.6 Å². The van der Waals surface area contributed by atoms with Crippen molar-refractivity contribution in [3.8, 4) is 0 Å². The van der Waals surface area contributed by atoms with Gasteiger partial charge in [-0.15, -0.1) is 0 Å². The van der Waals surface area contributed by atoms with Crippen molar-refractivity contribution in [1.29, 1.82) is 0 Å². The molecule has 26 heavy (non-hydrogen) atoms. The number of aromatic nitrogens is 1. The summed E-state index contributed by atoms with van der Waals surface area (Å²) >= 11 is 0. The van der Waals surface area contributed by atoms with Crippen LogP contribution in [0.3, 0.4) is 0 Å². The molecular formula is C19H16F2N2O3. The van der Waals surface area contributed by atoms with E-state index in [1.54, 1.807) is 6.20 Å². The molecule has 0 radical (unpaired) electrons. The molecule has 3 aromatic rings. The molecule has 0 spiro atoms. The third-order valence-corrected chi connectivity index (χ3v) is 4.01. The smallest absolute Gasteiger partial charge is 0.328 e. The van der Waals surface area contributed by atoms with Crippen molar-refractivity contribution in [3.63, 3.8) is 0 Å². The number of para-hydroxylation sites is 1. The maximum absolute atomic E-state index is 13.3. The fraction of sp³-hybridized carbons (Fsp3) is 0.158. The number of carbonyl (C=O) groups excluding carboxylic acids is 2. The summed E-state index contributed by atoms with van der Waals surface area (Å²) in [7, 11) is 1.21. The van der Waals surface area contributed by atoms with Gasteiger partial charge in [-0.1, -0.05) is 18.2 Å². The maximum Gasteiger partial charge on any atom is 0.328 e. The lowest BCUT2D eigenvalue weighted by Gasteiger charge is -2.16. The van der Waals surface area contributed by atoms with Crippen molar-refractivity contribution in [2.75, 3.05) is 7.11 Å². The van der Waals surface area contributed by atoms with Gasteiger partial charge in [-0.2, -0.15) is 0 Å². The number of esters is 1. The van der Waals surface area contributed by atoms with E-state index in [1.165, 1.54) is 7.11 Å². The second-order valence-electron chi connectivity index (χ2n) is 5.77. The van der Waals surface area contributed by atoms with Crippen LogP contribution in [0.2, 0.25) is 0 Å². The molecular weight excluding hydrogens is 342 g/mol. The quantitative estimate of drug-likeness (QED) is 0.689. The van der Waals surface area contributed by atoms with Gasteiger partial charge in [0.05, 0.1) is 7.11 Å². The SMILES string of the molecule is COC(=O)C(Cc1c[nH]c2ccccc12)NC(=O)c1cc(F)cc(F)c1. The van der Waals surface area contributed by atoms with E-state index in [4.69, 9.17) is 4.74 Å². The molecule has 1 atom stereocenters. The molecule has 2 aromatic carbocycles. The van der Waals surface area contributed by atoms with Crippen LogP contribution in [0.25, 0.3) is 10.9 Å². The number of carbonyl (C=O) groups is 2. The number of nitrogens with one attached hydrogen (secondary N) is 2. The average molecular weight is 358 g/mol. The fourth-order valence-electron chi connectivity index (χ4n) is 2.78. The Morgan fingerprint density at radius 1 is 1.15 bits per heavy atom. The van der Waals surface area contributed by atoms with E-state index in [2.05, 4.69) is 10.3 Å². The van der Waals surface area contributed by atoms with Crippen LogP contribution in [0.1, 0.15) is 15.9 Å². The molecule has 0 saturated heterocycles. The summed E-state index contributed by atoms with van der Waals surface area (Å²) in [4.78, 5) is 27.5. The fourth-order valence-corrected chi connectivity index (χ4v) is 2.78. The van der Waals surface area contributed by atoms with Crippen molar-refractivity contribution in [1.82, 2.24) is 10.3 Å². The number of fused-ring (bicyclic) bond motifs is 1. The summed E-state index contributed by atoms with van der Waals surface area (Å²) in [5.41, 5.74) is 1.49. The van der Waals surface area contributed by atoms with Gasteiger partial charge in [-0.3, -0.25) is 4.79 Å². The highest BCUT2D eigenvalue weighted by Gasteiger charge is 2.24. The highest BCUT2D eigenvalue weighted by Crippen LogP contribution is 2.19. The van der Waals surface area contributed by atoms with Crippen LogP contribution in [-0.4, -0.2) is 30.0 Å². The number of benzene rings is 2. The lowest BCUT2D eigenvalue weighted by molar-refractivity contribution is -0.142. The van der Waals surface area contributed by atoms with Gasteiger partial charge in [-0.25, -0.2) is 13.6 Å². The molecule has 2 N–H and O–H groups in total. The number of methoxy groups -OCH3 is 1. The number of ether oxygens (including phenoxy) is 1. The largest absolute Gasteiger partial charge is 0.467 e. The first-order valence-corrected chi connectivity index (χ1v) is 7.87. The number of hydrogen-bond acceptors (Lipinski definition) is 3. The topological polar surface area (TPSA) is 71.2 Å². The Labute approximate surface area is 148 Å². The summed E-state index contributed by atoms with van der Waals surface area (Å²) in [6.45, 7) is 0. The van der Waals surface area contributed by atoms with Crippen LogP contribution in [0.5, 0.6) is 0 Å². The first kappa shape index (κ1) is 17.6. The van der Waals surface area contributed by atoms with E-state index >= 15 is 0 Å². The van der Waals surface area contributed by atoms with Crippen LogP contribution < -0.4 is 5.32 Å². The third-order valence-electron chi connectivity index (χ3n) is 4.01. The lowest BCUT2D eigenvalue weighted by atomic mass is 10.0. The minimum atomic E-state index is -1.00. The number of halogens is 2. The van der Waals surface area contributed by atoms with Crippen molar-refractivity contribution < 1.29 is 23.1 Å². The molecule has 0 bridgehead atoms. The molecule has 0 aliphatic rings. The van der Waals surface area contributed by atoms with Crippen LogP contribution in [0.4, 0.5) is 8.78 Å². The molecule has 7 heteroatoms. The third kappa shape index (κ3) is 3.72. The summed E-state index contributed by atoms with van der Waals surface area (Å²) in [6.07, 6.45) is 1.91. The minimum Gasteiger partial charge on any atom is -0.467 e. The van der Waals surface area contributed by atoms with E-state index in [0.29, 0.717) is 6.07 Å². The van der Waals surface area contributed by atoms with Gasteiger partial charge in [0, 0.05) is 35.2 Å². The van der Waals surface area contributed by atoms with Gasteiger partial charge in [0.25, 0.3) is 5.91 Å². The monoisotopic (exact) mass is 358 g/mol. The first-order valence-electron chi connectivity index (χ1n) is 7.87. The predicted molar refractivity (Wildman–Crippen MR) is 91.6 cm³/mol. The Kier molecular flexibility index (Phi) is 4.97. The number of amides is 1. The summed E-state index contributed by atoms with van der Waals surface area (Å²) in [6, 6.07) is 8.98. The second-order valence-corrected chi connectivity index (χ2v) is 5.77. The highest BCUT2D eigenvalue weighted by atomic mass is 19.1. The number of rotatable bonds is 5. The second kappa shape index (κ2) is 7.35. The van der Waals surface area contributed by atoms with Crippen LogP contribution in [-0.2, 0) is 16.0 Å². The summed E-state index contributed by atoms with van der Waals surface area (Å²) in [5.74, 6) is -3.16. The number of aromatic amines is 1. The molecule has 1 aromatic heterocycles. The van der Waals surface area contributed by atoms with Gasteiger partial charge >= 0.3 is 5.97 Å². The molecule has 0 saturated carbocycles. The summed E-state index contributed by atoms with van der Waals surface area (Å²) < 4.78 is 31.4. The molecule has 0 aliphatic carbocycles. The number of H-pyrrole nitrogens is 1. The Bertz CT molecular complexity index is 948. The minimum absolute atomic E-state index is 0.167. The Morgan fingerprint density at radius 3 is 2.54 bits per heavy atom. The van der Waals surface area contributed by atoms with Gasteiger partial charge in [0.15, 0.2) is 0 Å². The Hall–Kier alpha value is -3.22. The predicted octanol–water partition coefficient (Wildman–Crippen LogP) is 2.96. The molecule has 1 amide bonds. The van der Waals surface area contributed by atoms with Crippen molar-refractivity contribution >= 4 is 22.8 Å². The van der Waals surface area contributed by atoms with E-state index in [0.717, 1.165) is 28.6 Å². The normalized spacial score (nSPS) is 12.0. The highest BCUT2D eigenvalue weighted by molar-refractivity contribution is 5.97. The summed E-state index contributed by atoms with van der Waals surface area (Å²) in [5, 5.41) is 3.39. The number of hydrogen-bond donors (Lipinski definition) is 2. The Morgan fingerprint density at radius 2 is 1.85 bits per heavy atom. The van der Waals surface area contributed by atoms with Crippen molar-refractivity contribution in [2.24, 2.45) is 0 Å². The van der Waals surface area contributed by atoms with Gasteiger partial charge < -0.3 is 15.0 Å². The van der Waals surface area contributed by atoms with E-state index < -0.39 is 29.6 Å². The molecule has 5 nitrogen and oxygen atoms in total. The maximum atomic E-state index is 13.3. The van der Waals surface area contributed by atoms with E-state index in [1.807, 2.05) is 24.3 Å². The van der Waals surface area contributed by atoms with E-state index in [9.17, 15) is 18.4 Å². The van der Waals surface area contributed by atoms with Crippen LogP contribution in [0.15, 0.2) is 48.7 Å². The van der Waals surface area contributed by atoms with E-state index in [-0.39, 0.29) is 12.0 Å². The zero-order valence-corrected chi connectivity index (χ0v) is 13.9. The average Bonchev–Trinajstić information content (AvgIpc) is 3.02. The zero-order chi connectivity index (χ0) is 18.7.